The first-order chi connectivity index (χ1) is 6.13. The number of aliphatic carboxylic acids is 1. The summed E-state index contributed by atoms with van der Waals surface area (Å²) in [6.45, 7) is 0.644. The first-order valence-electron chi connectivity index (χ1n) is 4.72. The van der Waals surface area contributed by atoms with Crippen molar-refractivity contribution in [3.05, 3.63) is 0 Å². The molecule has 0 amide bonds. The maximum absolute atomic E-state index is 11.0. The standard InChI is InChI=1S/C9H15NO3/c11-6-9-3-1-8(2-4-9,5-10-9)7(12)13/h10-11H,1-6H2,(H,12,13). The van der Waals surface area contributed by atoms with Gasteiger partial charge in [-0.1, -0.05) is 0 Å². The van der Waals surface area contributed by atoms with Crippen LogP contribution in [0, 0.1) is 5.41 Å². The molecule has 3 aliphatic rings. The van der Waals surface area contributed by atoms with E-state index < -0.39 is 11.4 Å². The normalized spacial score (nSPS) is 43.5. The van der Waals surface area contributed by atoms with Crippen LogP contribution in [0.4, 0.5) is 0 Å². The van der Waals surface area contributed by atoms with Crippen LogP contribution in [0.3, 0.4) is 0 Å². The van der Waals surface area contributed by atoms with Gasteiger partial charge in [0.15, 0.2) is 0 Å². The highest BCUT2D eigenvalue weighted by molar-refractivity contribution is 5.75. The molecule has 2 aliphatic heterocycles. The second-order valence-corrected chi connectivity index (χ2v) is 4.38. The summed E-state index contributed by atoms with van der Waals surface area (Å²) in [5, 5.41) is 21.4. The number of hydrogen-bond acceptors (Lipinski definition) is 3. The van der Waals surface area contributed by atoms with Crippen LogP contribution in [0.1, 0.15) is 25.7 Å². The molecule has 1 saturated carbocycles. The highest BCUT2D eigenvalue weighted by Crippen LogP contribution is 2.45. The molecule has 3 fully saturated rings. The van der Waals surface area contributed by atoms with Crippen molar-refractivity contribution in [3.63, 3.8) is 0 Å². The van der Waals surface area contributed by atoms with Gasteiger partial charge in [-0.25, -0.2) is 0 Å². The van der Waals surface area contributed by atoms with Crippen LogP contribution >= 0.6 is 0 Å². The first kappa shape index (κ1) is 8.97. The number of carboxylic acid groups (broad SMARTS) is 1. The summed E-state index contributed by atoms with van der Waals surface area (Å²) in [5.41, 5.74) is -0.714. The number of fused-ring (bicyclic) bond motifs is 3. The molecule has 2 saturated heterocycles. The van der Waals surface area contributed by atoms with Gasteiger partial charge in [0.2, 0.25) is 0 Å². The van der Waals surface area contributed by atoms with Crippen molar-refractivity contribution in [1.82, 2.24) is 5.32 Å². The van der Waals surface area contributed by atoms with E-state index in [9.17, 15) is 9.90 Å². The zero-order valence-electron chi connectivity index (χ0n) is 7.55. The van der Waals surface area contributed by atoms with Crippen molar-refractivity contribution in [1.29, 1.82) is 0 Å². The third-order valence-corrected chi connectivity index (χ3v) is 3.72. The molecule has 13 heavy (non-hydrogen) atoms. The lowest BCUT2D eigenvalue weighted by atomic mass is 9.63. The lowest BCUT2D eigenvalue weighted by Crippen LogP contribution is -2.64. The van der Waals surface area contributed by atoms with Crippen LogP contribution in [0.25, 0.3) is 0 Å². The highest BCUT2D eigenvalue weighted by Gasteiger charge is 2.52. The molecule has 0 aromatic carbocycles. The summed E-state index contributed by atoms with van der Waals surface area (Å²) < 4.78 is 0. The van der Waals surface area contributed by atoms with Crippen molar-refractivity contribution in [3.8, 4) is 0 Å². The fourth-order valence-electron chi connectivity index (χ4n) is 2.42. The maximum Gasteiger partial charge on any atom is 0.310 e. The zero-order chi connectivity index (χ0) is 9.53. The van der Waals surface area contributed by atoms with Crippen molar-refractivity contribution >= 4 is 5.97 Å². The summed E-state index contributed by atoms with van der Waals surface area (Å²) in [6, 6.07) is 0. The minimum atomic E-state index is -0.689. The Bertz CT molecular complexity index is 214. The maximum atomic E-state index is 11.0. The third-order valence-electron chi connectivity index (χ3n) is 3.72. The Morgan fingerprint density at radius 1 is 1.31 bits per heavy atom. The smallest absolute Gasteiger partial charge is 0.310 e. The van der Waals surface area contributed by atoms with Crippen LogP contribution in [0.5, 0.6) is 0 Å². The average Bonchev–Trinajstić information content (AvgIpc) is 2.20. The molecule has 4 heteroatoms. The average molecular weight is 185 g/mol. The Morgan fingerprint density at radius 3 is 2.23 bits per heavy atom. The Labute approximate surface area is 76.9 Å². The van der Waals surface area contributed by atoms with Crippen LogP contribution in [-0.2, 0) is 4.79 Å². The van der Waals surface area contributed by atoms with Crippen molar-refractivity contribution in [2.75, 3.05) is 13.2 Å². The summed E-state index contributed by atoms with van der Waals surface area (Å²) in [4.78, 5) is 11.0. The van der Waals surface area contributed by atoms with Gasteiger partial charge in [0.25, 0.3) is 0 Å². The molecule has 3 rings (SSSR count). The molecule has 0 unspecified atom stereocenters. The summed E-state index contributed by atoms with van der Waals surface area (Å²) in [6.07, 6.45) is 2.98. The molecular formula is C9H15NO3. The molecule has 3 N–H and O–H groups in total. The van der Waals surface area contributed by atoms with E-state index in [0.717, 1.165) is 12.8 Å². The Balaban J connectivity index is 2.16. The number of aliphatic hydroxyl groups is 1. The van der Waals surface area contributed by atoms with Gasteiger partial charge >= 0.3 is 5.97 Å². The topological polar surface area (TPSA) is 69.6 Å². The second-order valence-electron chi connectivity index (χ2n) is 4.38. The van der Waals surface area contributed by atoms with Gasteiger partial charge in [-0.2, -0.15) is 0 Å². The van der Waals surface area contributed by atoms with Crippen molar-refractivity contribution in [2.45, 2.75) is 31.2 Å². The van der Waals surface area contributed by atoms with Gasteiger partial charge in [-0.05, 0) is 25.7 Å². The number of piperidine rings is 2. The quantitative estimate of drug-likeness (QED) is 0.565. The van der Waals surface area contributed by atoms with E-state index in [1.807, 2.05) is 0 Å². The van der Waals surface area contributed by atoms with Gasteiger partial charge in [0.05, 0.1) is 12.0 Å². The van der Waals surface area contributed by atoms with Crippen molar-refractivity contribution in [2.24, 2.45) is 5.41 Å². The molecule has 2 heterocycles. The van der Waals surface area contributed by atoms with E-state index in [1.54, 1.807) is 0 Å². The van der Waals surface area contributed by atoms with Crippen LogP contribution in [0.15, 0.2) is 0 Å². The number of carbonyl (C=O) groups is 1. The predicted octanol–water partition coefficient (Wildman–Crippen LogP) is -0.0343. The summed E-state index contributed by atoms with van der Waals surface area (Å²) in [5.74, 6) is -0.689. The molecule has 4 nitrogen and oxygen atoms in total. The Kier molecular flexibility index (Phi) is 1.85. The Morgan fingerprint density at radius 2 is 1.92 bits per heavy atom. The van der Waals surface area contributed by atoms with Gasteiger partial charge in [0.1, 0.15) is 0 Å². The Hall–Kier alpha value is -0.610. The molecule has 0 aromatic heterocycles. The minimum Gasteiger partial charge on any atom is -0.481 e. The van der Waals surface area contributed by atoms with Gasteiger partial charge < -0.3 is 15.5 Å². The minimum absolute atomic E-state index is 0.128. The molecular weight excluding hydrogens is 170 g/mol. The fraction of sp³-hybridized carbons (Fsp3) is 0.889. The van der Waals surface area contributed by atoms with E-state index >= 15 is 0 Å². The van der Waals surface area contributed by atoms with Crippen molar-refractivity contribution < 1.29 is 15.0 Å². The molecule has 0 radical (unpaired) electrons. The zero-order valence-corrected chi connectivity index (χ0v) is 7.55. The molecule has 2 bridgehead atoms. The van der Waals surface area contributed by atoms with E-state index in [4.69, 9.17) is 5.11 Å². The fourth-order valence-corrected chi connectivity index (χ4v) is 2.42. The highest BCUT2D eigenvalue weighted by atomic mass is 16.4. The monoisotopic (exact) mass is 185 g/mol. The number of carboxylic acids is 1. The van der Waals surface area contributed by atoms with Crippen LogP contribution in [0.2, 0.25) is 0 Å². The predicted molar refractivity (Wildman–Crippen MR) is 46.4 cm³/mol. The molecule has 0 atom stereocenters. The van der Waals surface area contributed by atoms with Gasteiger partial charge in [-0.3, -0.25) is 4.79 Å². The number of nitrogens with one attached hydrogen (secondary N) is 1. The number of rotatable bonds is 2. The SMILES string of the molecule is O=C(O)C12CCC(CO)(CC1)NC2. The molecule has 1 aliphatic carbocycles. The van der Waals surface area contributed by atoms with Gasteiger partial charge in [-0.15, -0.1) is 0 Å². The number of aliphatic hydroxyl groups excluding tert-OH is 1. The van der Waals surface area contributed by atoms with E-state index in [-0.39, 0.29) is 12.1 Å². The lowest BCUT2D eigenvalue weighted by molar-refractivity contribution is -0.156. The van der Waals surface area contributed by atoms with Crippen LogP contribution in [-0.4, -0.2) is 34.9 Å². The van der Waals surface area contributed by atoms with Gasteiger partial charge in [0, 0.05) is 12.1 Å². The molecule has 0 spiro atoms. The van der Waals surface area contributed by atoms with E-state index in [2.05, 4.69) is 5.32 Å². The summed E-state index contributed by atoms with van der Waals surface area (Å²) >= 11 is 0. The number of hydrogen-bond donors (Lipinski definition) is 3. The van der Waals surface area contributed by atoms with E-state index in [1.165, 1.54) is 0 Å². The second kappa shape index (κ2) is 2.69. The third kappa shape index (κ3) is 1.16. The van der Waals surface area contributed by atoms with E-state index in [0.29, 0.717) is 19.4 Å². The molecule has 0 aromatic rings. The lowest BCUT2D eigenvalue weighted by Gasteiger charge is -2.51. The summed E-state index contributed by atoms with van der Waals surface area (Å²) in [7, 11) is 0. The molecule has 74 valence electrons. The van der Waals surface area contributed by atoms with Crippen LogP contribution < -0.4 is 5.32 Å². The largest absolute Gasteiger partial charge is 0.481 e. The first-order valence-corrected chi connectivity index (χ1v) is 4.72.